The maximum Gasteiger partial charge on any atom is 0.335 e. The van der Waals surface area contributed by atoms with Crippen molar-refractivity contribution in [2.45, 2.75) is 14.7 Å². The summed E-state index contributed by atoms with van der Waals surface area (Å²) >= 11 is 1.44. The van der Waals surface area contributed by atoms with Gasteiger partial charge in [-0.05, 0) is 48.5 Å². The number of carboxylic acids is 1. The fourth-order valence-corrected chi connectivity index (χ4v) is 3.00. The normalized spacial score (nSPS) is 11.2. The summed E-state index contributed by atoms with van der Waals surface area (Å²) in [6.45, 7) is 0. The molecule has 0 aromatic heterocycles. The molecule has 2 rings (SSSR count). The van der Waals surface area contributed by atoms with Crippen LogP contribution in [0.3, 0.4) is 0 Å². The van der Waals surface area contributed by atoms with Gasteiger partial charge >= 0.3 is 5.97 Å². The fourth-order valence-electron chi connectivity index (χ4n) is 1.56. The number of sulfone groups is 1. The van der Waals surface area contributed by atoms with E-state index in [4.69, 9.17) is 5.11 Å². The van der Waals surface area contributed by atoms with Gasteiger partial charge in [-0.1, -0.05) is 11.8 Å². The second-order valence-electron chi connectivity index (χ2n) is 4.18. The summed E-state index contributed by atoms with van der Waals surface area (Å²) in [5.41, 5.74) is 0.238. The fraction of sp³-hybridized carbons (Fsp3) is 0.0714. The quantitative estimate of drug-likeness (QED) is 0.940. The number of carbonyl (C=O) groups is 1. The molecule has 6 heteroatoms. The van der Waals surface area contributed by atoms with E-state index in [1.807, 2.05) is 0 Å². The highest BCUT2D eigenvalue weighted by Gasteiger charge is 2.07. The van der Waals surface area contributed by atoms with Crippen molar-refractivity contribution in [2.24, 2.45) is 0 Å². The predicted molar refractivity (Wildman–Crippen MR) is 77.1 cm³/mol. The Morgan fingerprint density at radius 1 is 0.950 bits per heavy atom. The topological polar surface area (TPSA) is 71.4 Å². The second kappa shape index (κ2) is 5.68. The van der Waals surface area contributed by atoms with Crippen molar-refractivity contribution >= 4 is 27.6 Å². The molecule has 0 fully saturated rings. The van der Waals surface area contributed by atoms with Gasteiger partial charge in [0.05, 0.1) is 10.5 Å². The Bertz CT molecular complexity index is 717. The lowest BCUT2D eigenvalue weighted by Crippen LogP contribution is -1.96. The van der Waals surface area contributed by atoms with Crippen LogP contribution >= 0.6 is 11.8 Å². The van der Waals surface area contributed by atoms with Gasteiger partial charge < -0.3 is 5.11 Å². The van der Waals surface area contributed by atoms with E-state index in [2.05, 4.69) is 0 Å². The van der Waals surface area contributed by atoms with Gasteiger partial charge in [-0.25, -0.2) is 13.2 Å². The zero-order chi connectivity index (χ0) is 14.8. The van der Waals surface area contributed by atoms with E-state index < -0.39 is 15.8 Å². The van der Waals surface area contributed by atoms with E-state index in [9.17, 15) is 13.2 Å². The molecule has 0 atom stereocenters. The van der Waals surface area contributed by atoms with Gasteiger partial charge in [0.2, 0.25) is 0 Å². The molecule has 104 valence electrons. The third-order valence-electron chi connectivity index (χ3n) is 2.59. The van der Waals surface area contributed by atoms with Crippen LogP contribution in [-0.2, 0) is 9.84 Å². The van der Waals surface area contributed by atoms with Crippen LogP contribution < -0.4 is 0 Å². The van der Waals surface area contributed by atoms with E-state index in [1.165, 1.54) is 30.2 Å². The van der Waals surface area contributed by atoms with E-state index in [-0.39, 0.29) is 10.5 Å². The minimum absolute atomic E-state index is 0.238. The molecule has 0 unspecified atom stereocenters. The lowest BCUT2D eigenvalue weighted by Gasteiger charge is -2.03. The highest BCUT2D eigenvalue weighted by Crippen LogP contribution is 2.28. The summed E-state index contributed by atoms with van der Waals surface area (Å²) in [5, 5.41) is 8.81. The number of aromatic carboxylic acids is 1. The Kier molecular flexibility index (Phi) is 4.15. The first-order valence-electron chi connectivity index (χ1n) is 5.67. The smallest absolute Gasteiger partial charge is 0.335 e. The predicted octanol–water partition coefficient (Wildman–Crippen LogP) is 2.94. The van der Waals surface area contributed by atoms with Crippen LogP contribution in [0.5, 0.6) is 0 Å². The summed E-state index contributed by atoms with van der Waals surface area (Å²) < 4.78 is 22.7. The van der Waals surface area contributed by atoms with E-state index in [1.54, 1.807) is 36.4 Å². The van der Waals surface area contributed by atoms with Gasteiger partial charge in [-0.2, -0.15) is 0 Å². The first kappa shape index (κ1) is 14.6. The van der Waals surface area contributed by atoms with Crippen molar-refractivity contribution in [3.63, 3.8) is 0 Å². The van der Waals surface area contributed by atoms with Crippen LogP contribution in [0.15, 0.2) is 63.2 Å². The van der Waals surface area contributed by atoms with Gasteiger partial charge in [0.15, 0.2) is 9.84 Å². The molecule has 0 aliphatic rings. The summed E-state index contributed by atoms with van der Waals surface area (Å²) in [6, 6.07) is 13.1. The number of benzene rings is 2. The number of hydrogen-bond donors (Lipinski definition) is 1. The van der Waals surface area contributed by atoms with Crippen LogP contribution in [0, 0.1) is 0 Å². The zero-order valence-electron chi connectivity index (χ0n) is 10.6. The molecule has 0 radical (unpaired) electrons. The molecular weight excluding hydrogens is 296 g/mol. The molecule has 0 saturated heterocycles. The molecule has 2 aromatic rings. The molecule has 0 aliphatic heterocycles. The molecule has 0 spiro atoms. The monoisotopic (exact) mass is 308 g/mol. The maximum atomic E-state index is 11.3. The SMILES string of the molecule is CS(=O)(=O)c1ccc(Sc2ccc(C(=O)O)cc2)cc1. The summed E-state index contributed by atoms with van der Waals surface area (Å²) in [5.74, 6) is -0.959. The average Bonchev–Trinajstić information content (AvgIpc) is 2.39. The van der Waals surface area contributed by atoms with Crippen molar-refractivity contribution in [1.82, 2.24) is 0 Å². The molecule has 20 heavy (non-hydrogen) atoms. The Morgan fingerprint density at radius 2 is 1.40 bits per heavy atom. The highest BCUT2D eigenvalue weighted by molar-refractivity contribution is 7.99. The first-order chi connectivity index (χ1) is 9.36. The van der Waals surface area contributed by atoms with Crippen LogP contribution in [-0.4, -0.2) is 25.7 Å². The number of hydrogen-bond acceptors (Lipinski definition) is 4. The van der Waals surface area contributed by atoms with Crippen molar-refractivity contribution < 1.29 is 18.3 Å². The summed E-state index contributed by atoms with van der Waals surface area (Å²) in [6.07, 6.45) is 1.17. The largest absolute Gasteiger partial charge is 0.478 e. The Hall–Kier alpha value is -1.79. The highest BCUT2D eigenvalue weighted by atomic mass is 32.2. The third kappa shape index (κ3) is 3.61. The van der Waals surface area contributed by atoms with Gasteiger partial charge in [-0.15, -0.1) is 0 Å². The van der Waals surface area contributed by atoms with Gasteiger partial charge in [-0.3, -0.25) is 0 Å². The Morgan fingerprint density at radius 3 is 1.80 bits per heavy atom. The van der Waals surface area contributed by atoms with E-state index in [0.717, 1.165) is 9.79 Å². The van der Waals surface area contributed by atoms with E-state index in [0.29, 0.717) is 0 Å². The Labute approximate surface area is 121 Å². The molecule has 0 aliphatic carbocycles. The summed E-state index contributed by atoms with van der Waals surface area (Å²) in [4.78, 5) is 12.8. The Balaban J connectivity index is 2.16. The number of carboxylic acid groups (broad SMARTS) is 1. The molecule has 4 nitrogen and oxygen atoms in total. The minimum Gasteiger partial charge on any atom is -0.478 e. The van der Waals surface area contributed by atoms with Crippen molar-refractivity contribution in [3.05, 3.63) is 54.1 Å². The minimum atomic E-state index is -3.18. The molecule has 0 bridgehead atoms. The van der Waals surface area contributed by atoms with Gasteiger partial charge in [0.1, 0.15) is 0 Å². The second-order valence-corrected chi connectivity index (χ2v) is 7.34. The molecular formula is C14H12O4S2. The summed E-state index contributed by atoms with van der Waals surface area (Å²) in [7, 11) is -3.18. The molecule has 1 N–H and O–H groups in total. The average molecular weight is 308 g/mol. The van der Waals surface area contributed by atoms with Gasteiger partial charge in [0.25, 0.3) is 0 Å². The maximum absolute atomic E-state index is 11.3. The van der Waals surface area contributed by atoms with Crippen LogP contribution in [0.25, 0.3) is 0 Å². The third-order valence-corrected chi connectivity index (χ3v) is 4.73. The van der Waals surface area contributed by atoms with Crippen LogP contribution in [0.1, 0.15) is 10.4 Å². The van der Waals surface area contributed by atoms with E-state index >= 15 is 0 Å². The standard InChI is InChI=1S/C14H12O4S2/c1-20(17,18)13-8-6-12(7-9-13)19-11-4-2-10(3-5-11)14(15)16/h2-9H,1H3,(H,15,16). The van der Waals surface area contributed by atoms with Crippen LogP contribution in [0.4, 0.5) is 0 Å². The molecule has 0 saturated carbocycles. The van der Waals surface area contributed by atoms with Crippen LogP contribution in [0.2, 0.25) is 0 Å². The lowest BCUT2D eigenvalue weighted by atomic mass is 10.2. The first-order valence-corrected chi connectivity index (χ1v) is 8.38. The molecule has 0 amide bonds. The molecule has 2 aromatic carbocycles. The van der Waals surface area contributed by atoms with Crippen molar-refractivity contribution in [3.8, 4) is 0 Å². The lowest BCUT2D eigenvalue weighted by molar-refractivity contribution is 0.0697. The van der Waals surface area contributed by atoms with Gasteiger partial charge in [0, 0.05) is 16.0 Å². The van der Waals surface area contributed by atoms with Crippen molar-refractivity contribution in [1.29, 1.82) is 0 Å². The zero-order valence-corrected chi connectivity index (χ0v) is 12.2. The molecule has 0 heterocycles. The number of rotatable bonds is 4. The van der Waals surface area contributed by atoms with Crippen molar-refractivity contribution in [2.75, 3.05) is 6.26 Å².